The fourth-order valence-electron chi connectivity index (χ4n) is 1.18. The van der Waals surface area contributed by atoms with Gasteiger partial charge >= 0.3 is 5.95 Å². The monoisotopic (exact) mass is 197 g/mol. The molecule has 0 aliphatic carbocycles. The van der Waals surface area contributed by atoms with E-state index < -0.39 is 4.92 Å². The predicted molar refractivity (Wildman–Crippen MR) is 50.5 cm³/mol. The van der Waals surface area contributed by atoms with Gasteiger partial charge in [-0.05, 0) is 17.9 Å². The highest BCUT2D eigenvalue weighted by Gasteiger charge is 2.22. The minimum atomic E-state index is -0.577. The van der Waals surface area contributed by atoms with E-state index in [0.29, 0.717) is 11.4 Å². The van der Waals surface area contributed by atoms with Crippen molar-refractivity contribution in [2.24, 2.45) is 7.05 Å². The lowest BCUT2D eigenvalue weighted by molar-refractivity contribution is -0.396. The van der Waals surface area contributed by atoms with Gasteiger partial charge in [0.1, 0.15) is 12.3 Å². The van der Waals surface area contributed by atoms with E-state index in [1.807, 2.05) is 0 Å². The van der Waals surface area contributed by atoms with Crippen molar-refractivity contribution in [1.29, 1.82) is 0 Å². The van der Waals surface area contributed by atoms with Crippen molar-refractivity contribution in [3.63, 3.8) is 0 Å². The molecule has 0 saturated carbocycles. The van der Waals surface area contributed by atoms with E-state index >= 15 is 0 Å². The van der Waals surface area contributed by atoms with Gasteiger partial charge in [0.15, 0.2) is 5.69 Å². The van der Waals surface area contributed by atoms with Gasteiger partial charge in [0.25, 0.3) is 0 Å². The first kappa shape index (κ1) is 10.4. The number of hydrogen-bond acceptors (Lipinski definition) is 4. The van der Waals surface area contributed by atoms with E-state index in [-0.39, 0.29) is 12.6 Å². The molecule has 0 fully saturated rings. The number of allylic oxidation sites excluding steroid dienone is 1. The predicted octanol–water partition coefficient (Wildman–Crippen LogP) is 0.854. The highest BCUT2D eigenvalue weighted by Crippen LogP contribution is 2.17. The molecule has 1 aromatic rings. The van der Waals surface area contributed by atoms with Crippen LogP contribution in [0.1, 0.15) is 18.3 Å². The van der Waals surface area contributed by atoms with E-state index in [2.05, 4.69) is 4.98 Å². The van der Waals surface area contributed by atoms with Gasteiger partial charge in [-0.2, -0.15) is 0 Å². The number of hydrogen-bond donors (Lipinski definition) is 1. The third kappa shape index (κ3) is 1.64. The molecule has 1 N–H and O–H groups in total. The smallest absolute Gasteiger partial charge is 0.390 e. The summed E-state index contributed by atoms with van der Waals surface area (Å²) in [5, 5.41) is 19.5. The molecule has 0 saturated heterocycles. The summed E-state index contributed by atoms with van der Waals surface area (Å²) in [5.74, 6) is -0.262. The number of aliphatic hydroxyl groups excluding tert-OH is 1. The fraction of sp³-hybridized carbons (Fsp3) is 0.375. The highest BCUT2D eigenvalue weighted by atomic mass is 16.6. The molecule has 0 atom stereocenters. The normalized spacial score (nSPS) is 11.1. The summed E-state index contributed by atoms with van der Waals surface area (Å²) in [6.45, 7) is 1.51. The van der Waals surface area contributed by atoms with Gasteiger partial charge in [0.2, 0.25) is 0 Å². The van der Waals surface area contributed by atoms with Crippen molar-refractivity contribution in [1.82, 2.24) is 9.55 Å². The molecule has 0 amide bonds. The number of imidazole rings is 1. The van der Waals surface area contributed by atoms with Crippen LogP contribution in [0, 0.1) is 10.1 Å². The van der Waals surface area contributed by atoms with Crippen LogP contribution in [0.4, 0.5) is 5.95 Å². The summed E-state index contributed by atoms with van der Waals surface area (Å²) in [5.41, 5.74) is 0.874. The molecule has 0 spiro atoms. The molecule has 76 valence electrons. The average molecular weight is 197 g/mol. The van der Waals surface area contributed by atoms with E-state index in [1.54, 1.807) is 19.1 Å². The molecule has 0 aliphatic rings. The zero-order valence-corrected chi connectivity index (χ0v) is 7.97. The van der Waals surface area contributed by atoms with Crippen LogP contribution in [0.2, 0.25) is 0 Å². The molecule has 0 aliphatic heterocycles. The quantitative estimate of drug-likeness (QED) is 0.575. The minimum Gasteiger partial charge on any atom is -0.390 e. The van der Waals surface area contributed by atoms with E-state index in [9.17, 15) is 10.1 Å². The van der Waals surface area contributed by atoms with Crippen molar-refractivity contribution < 1.29 is 10.0 Å². The summed E-state index contributed by atoms with van der Waals surface area (Å²) in [6.07, 6.45) is 3.34. The Hall–Kier alpha value is -1.69. The molecule has 1 heterocycles. The third-order valence-corrected chi connectivity index (χ3v) is 1.86. The Bertz CT molecular complexity index is 381. The Morgan fingerprint density at radius 3 is 2.79 bits per heavy atom. The maximum absolute atomic E-state index is 10.5. The number of rotatable bonds is 3. The summed E-state index contributed by atoms with van der Waals surface area (Å²) in [6, 6.07) is 0. The van der Waals surface area contributed by atoms with Crippen LogP contribution in [-0.2, 0) is 13.7 Å². The number of nitro groups is 1. The summed E-state index contributed by atoms with van der Waals surface area (Å²) < 4.78 is 1.27. The topological polar surface area (TPSA) is 81.2 Å². The Kier molecular flexibility index (Phi) is 2.98. The molecule has 6 nitrogen and oxygen atoms in total. The Balaban J connectivity index is 3.31. The van der Waals surface area contributed by atoms with E-state index in [4.69, 9.17) is 5.11 Å². The van der Waals surface area contributed by atoms with Gasteiger partial charge in [-0.3, -0.25) is 0 Å². The summed E-state index contributed by atoms with van der Waals surface area (Å²) >= 11 is 0. The zero-order valence-electron chi connectivity index (χ0n) is 7.97. The van der Waals surface area contributed by atoms with Crippen LogP contribution >= 0.6 is 0 Å². The minimum absolute atomic E-state index is 0.262. The van der Waals surface area contributed by atoms with Gasteiger partial charge in [0, 0.05) is 0 Å². The number of aromatic nitrogens is 2. The van der Waals surface area contributed by atoms with Crippen LogP contribution in [0.3, 0.4) is 0 Å². The van der Waals surface area contributed by atoms with Crippen LogP contribution in [0.15, 0.2) is 6.08 Å². The van der Waals surface area contributed by atoms with Gasteiger partial charge in [0.05, 0.1) is 7.05 Å². The molecule has 6 heteroatoms. The van der Waals surface area contributed by atoms with Crippen molar-refractivity contribution in [2.45, 2.75) is 13.5 Å². The Morgan fingerprint density at radius 2 is 2.36 bits per heavy atom. The SMILES string of the molecule is CC=Cc1nc([N+](=O)[O-])n(C)c1CO. The third-order valence-electron chi connectivity index (χ3n) is 1.86. The molecule has 0 radical (unpaired) electrons. The van der Waals surface area contributed by atoms with Crippen LogP contribution in [-0.4, -0.2) is 19.6 Å². The lowest BCUT2D eigenvalue weighted by Crippen LogP contribution is -2.01. The first-order chi connectivity index (χ1) is 6.61. The first-order valence-corrected chi connectivity index (χ1v) is 4.05. The Morgan fingerprint density at radius 1 is 1.71 bits per heavy atom. The number of aliphatic hydroxyl groups is 1. The van der Waals surface area contributed by atoms with Gasteiger partial charge in [-0.25, -0.2) is 4.57 Å². The summed E-state index contributed by atoms with van der Waals surface area (Å²) in [4.78, 5) is 13.7. The van der Waals surface area contributed by atoms with E-state index in [0.717, 1.165) is 0 Å². The van der Waals surface area contributed by atoms with Crippen molar-refractivity contribution in [3.05, 3.63) is 27.6 Å². The maximum Gasteiger partial charge on any atom is 0.435 e. The molecular formula is C8H11N3O3. The molecular weight excluding hydrogens is 186 g/mol. The standard InChI is InChI=1S/C8H11N3O3/c1-3-4-6-7(5-12)10(2)8(9-6)11(13)14/h3-4,12H,5H2,1-2H3. The van der Waals surface area contributed by atoms with Gasteiger partial charge < -0.3 is 15.2 Å². The molecule has 14 heavy (non-hydrogen) atoms. The van der Waals surface area contributed by atoms with Crippen molar-refractivity contribution in [2.75, 3.05) is 0 Å². The average Bonchev–Trinajstić information content (AvgIpc) is 2.43. The molecule has 1 rings (SSSR count). The fourth-order valence-corrected chi connectivity index (χ4v) is 1.18. The molecule has 0 unspecified atom stereocenters. The zero-order chi connectivity index (χ0) is 10.7. The lowest BCUT2D eigenvalue weighted by Gasteiger charge is -1.95. The molecule has 0 bridgehead atoms. The lowest BCUT2D eigenvalue weighted by atomic mass is 10.3. The van der Waals surface area contributed by atoms with Crippen molar-refractivity contribution >= 4 is 12.0 Å². The summed E-state index contributed by atoms with van der Waals surface area (Å²) in [7, 11) is 1.50. The van der Waals surface area contributed by atoms with Crippen LogP contribution < -0.4 is 0 Å². The Labute approximate surface area is 80.7 Å². The van der Waals surface area contributed by atoms with Crippen LogP contribution in [0.25, 0.3) is 6.08 Å². The van der Waals surface area contributed by atoms with Crippen LogP contribution in [0.5, 0.6) is 0 Å². The highest BCUT2D eigenvalue weighted by molar-refractivity contribution is 5.49. The van der Waals surface area contributed by atoms with Crippen molar-refractivity contribution in [3.8, 4) is 0 Å². The second-order valence-corrected chi connectivity index (χ2v) is 2.72. The van der Waals surface area contributed by atoms with Gasteiger partial charge in [-0.1, -0.05) is 11.1 Å². The number of nitrogens with zero attached hydrogens (tertiary/aromatic N) is 3. The molecule has 1 aromatic heterocycles. The van der Waals surface area contributed by atoms with E-state index in [1.165, 1.54) is 11.6 Å². The first-order valence-electron chi connectivity index (χ1n) is 4.05. The maximum atomic E-state index is 10.5. The largest absolute Gasteiger partial charge is 0.435 e. The second kappa shape index (κ2) is 4.01. The second-order valence-electron chi connectivity index (χ2n) is 2.72. The molecule has 0 aromatic carbocycles. The van der Waals surface area contributed by atoms with Gasteiger partial charge in [-0.15, -0.1) is 0 Å².